The van der Waals surface area contributed by atoms with Gasteiger partial charge in [-0.25, -0.2) is 8.42 Å². The van der Waals surface area contributed by atoms with Crippen LogP contribution in [0.25, 0.3) is 0 Å². The van der Waals surface area contributed by atoms with Crippen LogP contribution in [0, 0.1) is 0 Å². The molecule has 0 aliphatic heterocycles. The van der Waals surface area contributed by atoms with Crippen molar-refractivity contribution in [3.05, 3.63) is 48.8 Å². The standard InChI is InChI=1S/C12H12N2O3S/c1-17-11-4-2-3-10(9-11)14-18(15,16)12-5-7-13-8-6-12/h2-9,14H,1H3. The number of hydrogen-bond donors (Lipinski definition) is 1. The minimum atomic E-state index is -3.58. The van der Waals surface area contributed by atoms with Gasteiger partial charge >= 0.3 is 0 Å². The van der Waals surface area contributed by atoms with Gasteiger partial charge in [0.1, 0.15) is 5.75 Å². The van der Waals surface area contributed by atoms with E-state index in [1.54, 1.807) is 24.3 Å². The predicted octanol–water partition coefficient (Wildman–Crippen LogP) is 1.89. The summed E-state index contributed by atoms with van der Waals surface area (Å²) in [6, 6.07) is 9.58. The molecule has 94 valence electrons. The third kappa shape index (κ3) is 2.78. The van der Waals surface area contributed by atoms with Crippen molar-refractivity contribution in [2.45, 2.75) is 4.90 Å². The predicted molar refractivity (Wildman–Crippen MR) is 68.0 cm³/mol. The van der Waals surface area contributed by atoms with Gasteiger partial charge in [-0.3, -0.25) is 9.71 Å². The van der Waals surface area contributed by atoms with Crippen molar-refractivity contribution in [2.75, 3.05) is 11.8 Å². The van der Waals surface area contributed by atoms with Gasteiger partial charge in [-0.15, -0.1) is 0 Å². The molecule has 0 unspecified atom stereocenters. The largest absolute Gasteiger partial charge is 0.497 e. The summed E-state index contributed by atoms with van der Waals surface area (Å²) in [7, 11) is -2.06. The van der Waals surface area contributed by atoms with Crippen LogP contribution >= 0.6 is 0 Å². The van der Waals surface area contributed by atoms with Gasteiger partial charge in [0.2, 0.25) is 0 Å². The van der Waals surface area contributed by atoms with E-state index in [4.69, 9.17) is 4.74 Å². The molecule has 6 heteroatoms. The van der Waals surface area contributed by atoms with Crippen molar-refractivity contribution < 1.29 is 13.2 Å². The molecule has 0 saturated heterocycles. The summed E-state index contributed by atoms with van der Waals surface area (Å²) in [4.78, 5) is 3.95. The highest BCUT2D eigenvalue weighted by molar-refractivity contribution is 7.92. The monoisotopic (exact) mass is 264 g/mol. The summed E-state index contributed by atoms with van der Waals surface area (Å²) in [5, 5.41) is 0. The maximum Gasteiger partial charge on any atom is 0.262 e. The number of anilines is 1. The van der Waals surface area contributed by atoms with Crippen molar-refractivity contribution in [2.24, 2.45) is 0 Å². The molecule has 1 heterocycles. The Morgan fingerprint density at radius 2 is 1.89 bits per heavy atom. The van der Waals surface area contributed by atoms with Crippen molar-refractivity contribution in [1.29, 1.82) is 0 Å². The van der Waals surface area contributed by atoms with Gasteiger partial charge in [0.05, 0.1) is 17.7 Å². The molecule has 0 radical (unpaired) electrons. The normalized spacial score (nSPS) is 10.9. The smallest absolute Gasteiger partial charge is 0.262 e. The zero-order valence-electron chi connectivity index (χ0n) is 9.70. The highest BCUT2D eigenvalue weighted by Crippen LogP contribution is 2.20. The molecular weight excluding hydrogens is 252 g/mol. The Kier molecular flexibility index (Phi) is 3.47. The third-order valence-corrected chi connectivity index (χ3v) is 3.68. The number of sulfonamides is 1. The van der Waals surface area contributed by atoms with E-state index in [9.17, 15) is 8.42 Å². The van der Waals surface area contributed by atoms with Crippen LogP contribution in [-0.4, -0.2) is 20.5 Å². The van der Waals surface area contributed by atoms with Crippen LogP contribution in [-0.2, 0) is 10.0 Å². The number of ether oxygens (including phenoxy) is 1. The lowest BCUT2D eigenvalue weighted by molar-refractivity contribution is 0.415. The molecule has 2 aromatic rings. The second-order valence-corrected chi connectivity index (χ2v) is 5.20. The lowest BCUT2D eigenvalue weighted by Crippen LogP contribution is -2.12. The highest BCUT2D eigenvalue weighted by atomic mass is 32.2. The number of pyridine rings is 1. The molecule has 1 N–H and O–H groups in total. The molecule has 0 aliphatic rings. The summed E-state index contributed by atoms with van der Waals surface area (Å²) in [6.07, 6.45) is 2.86. The van der Waals surface area contributed by atoms with E-state index in [1.165, 1.54) is 31.6 Å². The number of benzene rings is 1. The number of methoxy groups -OCH3 is 1. The Morgan fingerprint density at radius 1 is 1.17 bits per heavy atom. The maximum absolute atomic E-state index is 12.0. The van der Waals surface area contributed by atoms with E-state index in [1.807, 2.05) is 0 Å². The second kappa shape index (κ2) is 5.05. The van der Waals surface area contributed by atoms with Crippen LogP contribution in [0.2, 0.25) is 0 Å². The molecule has 0 amide bonds. The van der Waals surface area contributed by atoms with Gasteiger partial charge in [-0.2, -0.15) is 0 Å². The molecule has 1 aromatic heterocycles. The summed E-state index contributed by atoms with van der Waals surface area (Å²) in [5.41, 5.74) is 0.450. The first-order chi connectivity index (χ1) is 8.62. The van der Waals surface area contributed by atoms with Crippen molar-refractivity contribution >= 4 is 15.7 Å². The highest BCUT2D eigenvalue weighted by Gasteiger charge is 2.13. The molecule has 0 saturated carbocycles. The van der Waals surface area contributed by atoms with Crippen molar-refractivity contribution in [3.63, 3.8) is 0 Å². The van der Waals surface area contributed by atoms with Gasteiger partial charge in [-0.05, 0) is 24.3 Å². The lowest BCUT2D eigenvalue weighted by Gasteiger charge is -2.08. The molecule has 0 spiro atoms. The van der Waals surface area contributed by atoms with Crippen LogP contribution in [0.15, 0.2) is 53.7 Å². The fourth-order valence-corrected chi connectivity index (χ4v) is 2.45. The SMILES string of the molecule is COc1cccc(NS(=O)(=O)c2ccncc2)c1. The molecular formula is C12H12N2O3S. The Bertz CT molecular complexity index is 627. The third-order valence-electron chi connectivity index (χ3n) is 2.28. The first-order valence-corrected chi connectivity index (χ1v) is 6.67. The molecule has 5 nitrogen and oxygen atoms in total. The Labute approximate surface area is 105 Å². The fourth-order valence-electron chi connectivity index (χ4n) is 1.42. The van der Waals surface area contributed by atoms with Crippen LogP contribution in [0.1, 0.15) is 0 Å². The molecule has 0 bridgehead atoms. The van der Waals surface area contributed by atoms with E-state index in [-0.39, 0.29) is 4.90 Å². The Balaban J connectivity index is 2.28. The van der Waals surface area contributed by atoms with E-state index in [0.29, 0.717) is 11.4 Å². The number of nitrogens with one attached hydrogen (secondary N) is 1. The van der Waals surface area contributed by atoms with E-state index < -0.39 is 10.0 Å². The first-order valence-electron chi connectivity index (χ1n) is 5.19. The lowest BCUT2D eigenvalue weighted by atomic mass is 10.3. The van der Waals surface area contributed by atoms with E-state index in [0.717, 1.165) is 0 Å². The van der Waals surface area contributed by atoms with Crippen LogP contribution in [0.5, 0.6) is 5.75 Å². The van der Waals surface area contributed by atoms with Crippen LogP contribution < -0.4 is 9.46 Å². The summed E-state index contributed by atoms with van der Waals surface area (Å²) in [6.45, 7) is 0. The Hall–Kier alpha value is -2.08. The fraction of sp³-hybridized carbons (Fsp3) is 0.0833. The quantitative estimate of drug-likeness (QED) is 0.915. The molecule has 0 atom stereocenters. The molecule has 0 fully saturated rings. The molecule has 18 heavy (non-hydrogen) atoms. The van der Waals surface area contributed by atoms with Gasteiger partial charge in [-0.1, -0.05) is 6.07 Å². The van der Waals surface area contributed by atoms with Crippen molar-refractivity contribution in [3.8, 4) is 5.75 Å². The molecule has 0 aliphatic carbocycles. The molecule has 2 rings (SSSR count). The molecule has 1 aromatic carbocycles. The topological polar surface area (TPSA) is 68.3 Å². The summed E-state index contributed by atoms with van der Waals surface area (Å²) in [5.74, 6) is 0.588. The average Bonchev–Trinajstić information content (AvgIpc) is 2.39. The van der Waals surface area contributed by atoms with Gasteiger partial charge < -0.3 is 4.74 Å². The van der Waals surface area contributed by atoms with Gasteiger partial charge in [0.25, 0.3) is 10.0 Å². The van der Waals surface area contributed by atoms with Crippen LogP contribution in [0.3, 0.4) is 0 Å². The zero-order valence-corrected chi connectivity index (χ0v) is 10.5. The number of aromatic nitrogens is 1. The van der Waals surface area contributed by atoms with E-state index >= 15 is 0 Å². The maximum atomic E-state index is 12.0. The number of nitrogens with zero attached hydrogens (tertiary/aromatic N) is 1. The van der Waals surface area contributed by atoms with E-state index in [2.05, 4.69) is 9.71 Å². The number of hydrogen-bond acceptors (Lipinski definition) is 4. The van der Waals surface area contributed by atoms with Crippen LogP contribution in [0.4, 0.5) is 5.69 Å². The minimum Gasteiger partial charge on any atom is -0.497 e. The first kappa shape index (κ1) is 12.4. The summed E-state index contributed by atoms with van der Waals surface area (Å²) < 4.78 is 31.5. The minimum absolute atomic E-state index is 0.167. The Morgan fingerprint density at radius 3 is 2.56 bits per heavy atom. The number of rotatable bonds is 4. The second-order valence-electron chi connectivity index (χ2n) is 3.52. The van der Waals surface area contributed by atoms with Gasteiger partial charge in [0.15, 0.2) is 0 Å². The zero-order chi connectivity index (χ0) is 13.0. The summed E-state index contributed by atoms with van der Waals surface area (Å²) >= 11 is 0. The van der Waals surface area contributed by atoms with Crippen molar-refractivity contribution in [1.82, 2.24) is 4.98 Å². The average molecular weight is 264 g/mol. The van der Waals surface area contributed by atoms with Gasteiger partial charge in [0, 0.05) is 18.5 Å².